The zero-order chi connectivity index (χ0) is 35.7. The summed E-state index contributed by atoms with van der Waals surface area (Å²) in [5, 5.41) is 24.7. The second-order valence-corrected chi connectivity index (χ2v) is 14.0. The van der Waals surface area contributed by atoms with E-state index < -0.39 is 20.9 Å². The Balaban J connectivity index is 1.26. The monoisotopic (exact) mass is 733 g/mol. The van der Waals surface area contributed by atoms with Crippen LogP contribution in [0.4, 0.5) is 11.4 Å². The summed E-state index contributed by atoms with van der Waals surface area (Å²) in [4.78, 5) is 24.5. The summed E-state index contributed by atoms with van der Waals surface area (Å²) in [5.74, 6) is 0.245. The van der Waals surface area contributed by atoms with Crippen molar-refractivity contribution >= 4 is 61.4 Å². The number of amides is 1. The minimum atomic E-state index is -4.52. The highest BCUT2D eigenvalue weighted by molar-refractivity contribution is 7.90. The molecule has 4 aromatic carbocycles. The fourth-order valence-corrected chi connectivity index (χ4v) is 6.61. The Hall–Kier alpha value is -5.44. The first kappa shape index (κ1) is 34.4. The highest BCUT2D eigenvalue weighted by Gasteiger charge is 2.27. The van der Waals surface area contributed by atoms with Crippen molar-refractivity contribution in [2.24, 2.45) is 7.05 Å². The minimum Gasteiger partial charge on any atom is -0.457 e. The van der Waals surface area contributed by atoms with Gasteiger partial charge in [-0.25, -0.2) is 13.1 Å². The summed E-state index contributed by atoms with van der Waals surface area (Å²) in [7, 11) is -2.80. The molecule has 50 heavy (non-hydrogen) atoms. The fraction of sp³-hybridized carbons (Fsp3) is 0.147. The molecule has 0 aliphatic carbocycles. The van der Waals surface area contributed by atoms with Crippen LogP contribution < -0.4 is 14.8 Å². The Kier molecular flexibility index (Phi) is 9.51. The summed E-state index contributed by atoms with van der Waals surface area (Å²) in [6.07, 6.45) is 1.71. The topological polar surface area (TPSA) is 163 Å². The molecule has 1 amide bonds. The number of carbonyl (C=O) groups excluding carboxylic acids is 1. The third kappa shape index (κ3) is 7.42. The molecular formula is C34H29Cl2N7O6S. The van der Waals surface area contributed by atoms with E-state index >= 15 is 0 Å². The second-order valence-electron chi connectivity index (χ2n) is 11.5. The first-order valence-electron chi connectivity index (χ1n) is 15.0. The predicted octanol–water partition coefficient (Wildman–Crippen LogP) is 7.17. The lowest BCUT2D eigenvalue weighted by Crippen LogP contribution is -2.32. The van der Waals surface area contributed by atoms with Gasteiger partial charge in [-0.3, -0.25) is 24.3 Å². The normalized spacial score (nSPS) is 11.5. The maximum absolute atomic E-state index is 13.8. The number of nitro benzene ring substituents is 1. The van der Waals surface area contributed by atoms with Crippen molar-refractivity contribution in [3.63, 3.8) is 0 Å². The van der Waals surface area contributed by atoms with E-state index in [9.17, 15) is 23.3 Å². The molecule has 0 saturated heterocycles. The van der Waals surface area contributed by atoms with Gasteiger partial charge in [-0.2, -0.15) is 10.2 Å². The molecule has 0 fully saturated rings. The van der Waals surface area contributed by atoms with E-state index in [1.165, 1.54) is 10.7 Å². The lowest BCUT2D eigenvalue weighted by molar-refractivity contribution is -0.384. The van der Waals surface area contributed by atoms with Gasteiger partial charge in [-0.05, 0) is 91.2 Å². The van der Waals surface area contributed by atoms with Crippen molar-refractivity contribution in [1.82, 2.24) is 24.3 Å². The molecule has 2 N–H and O–H groups in total. The number of nitro groups is 1. The molecule has 6 aromatic rings. The van der Waals surface area contributed by atoms with E-state index in [1.54, 1.807) is 60.4 Å². The summed E-state index contributed by atoms with van der Waals surface area (Å²) in [5.41, 5.74) is 3.07. The Labute approximate surface area is 296 Å². The molecule has 13 nitrogen and oxygen atoms in total. The van der Waals surface area contributed by atoms with Gasteiger partial charge >= 0.3 is 0 Å². The number of carbonyl (C=O) groups is 1. The lowest BCUT2D eigenvalue weighted by Gasteiger charge is -2.12. The molecular weight excluding hydrogens is 705 g/mol. The zero-order valence-electron chi connectivity index (χ0n) is 26.8. The number of hydrogen-bond acceptors (Lipinski definition) is 9. The van der Waals surface area contributed by atoms with Crippen LogP contribution in [0.1, 0.15) is 32.9 Å². The first-order valence-corrected chi connectivity index (χ1v) is 17.3. The van der Waals surface area contributed by atoms with E-state index in [1.807, 2.05) is 26.0 Å². The zero-order valence-corrected chi connectivity index (χ0v) is 29.2. The quantitative estimate of drug-likeness (QED) is 0.104. The van der Waals surface area contributed by atoms with Crippen molar-refractivity contribution < 1.29 is 22.9 Å². The van der Waals surface area contributed by atoms with Crippen LogP contribution in [0, 0.1) is 24.0 Å². The lowest BCUT2D eigenvalue weighted by atomic mass is 10.1. The van der Waals surface area contributed by atoms with Gasteiger partial charge in [-0.1, -0.05) is 35.3 Å². The number of aryl methyl sites for hydroxylation is 3. The maximum atomic E-state index is 13.8. The molecule has 0 saturated carbocycles. The number of ether oxygens (including phenoxy) is 1. The van der Waals surface area contributed by atoms with Crippen LogP contribution in [0.2, 0.25) is 10.0 Å². The Bertz CT molecular complexity index is 2370. The fourth-order valence-electron chi connectivity index (χ4n) is 5.35. The average molecular weight is 735 g/mol. The third-order valence-electron chi connectivity index (χ3n) is 7.75. The second kappa shape index (κ2) is 13.8. The Morgan fingerprint density at radius 3 is 2.32 bits per heavy atom. The number of nitrogens with one attached hydrogen (secondary N) is 2. The van der Waals surface area contributed by atoms with Crippen molar-refractivity contribution in [3.05, 3.63) is 133 Å². The standard InChI is InChI=1S/C34H29Cl2N7O6S/c1-20-14-26(15-21(2)32(20)36)49-25-7-4-22(5-8-25)19-42-33(28-16-23(35)6-10-29(28)39-42)34(44)40-50(47,48)27-9-11-31(43(45)46)30(17-27)37-18-24-12-13-41(3)38-24/h4-17,37H,18-19H2,1-3H3,(H,40,44). The van der Waals surface area contributed by atoms with Gasteiger partial charge in [0, 0.05) is 34.7 Å². The minimum absolute atomic E-state index is 0.0473. The van der Waals surface area contributed by atoms with Gasteiger partial charge in [0.1, 0.15) is 22.9 Å². The first-order chi connectivity index (χ1) is 23.8. The predicted molar refractivity (Wildman–Crippen MR) is 190 cm³/mol. The number of rotatable bonds is 11. The third-order valence-corrected chi connectivity index (χ3v) is 9.91. The average Bonchev–Trinajstić information content (AvgIpc) is 3.65. The van der Waals surface area contributed by atoms with Crippen LogP contribution in [0.5, 0.6) is 11.5 Å². The van der Waals surface area contributed by atoms with Gasteiger partial charge in [0.15, 0.2) is 0 Å². The van der Waals surface area contributed by atoms with Crippen LogP contribution in [0.25, 0.3) is 10.9 Å². The Morgan fingerprint density at radius 1 is 0.940 bits per heavy atom. The van der Waals surface area contributed by atoms with E-state index in [0.29, 0.717) is 38.1 Å². The van der Waals surface area contributed by atoms with Crippen molar-refractivity contribution in [2.45, 2.75) is 31.8 Å². The van der Waals surface area contributed by atoms with Gasteiger partial charge in [0.2, 0.25) is 0 Å². The molecule has 6 rings (SSSR count). The molecule has 16 heteroatoms. The number of nitrogens with zero attached hydrogens (tertiary/aromatic N) is 5. The van der Waals surface area contributed by atoms with E-state index in [2.05, 4.69) is 20.2 Å². The van der Waals surface area contributed by atoms with Crippen LogP contribution in [-0.4, -0.2) is 38.8 Å². The summed E-state index contributed by atoms with van der Waals surface area (Å²) >= 11 is 12.5. The smallest absolute Gasteiger partial charge is 0.292 e. The molecule has 0 unspecified atom stereocenters. The molecule has 2 heterocycles. The highest BCUT2D eigenvalue weighted by Crippen LogP contribution is 2.31. The Morgan fingerprint density at radius 2 is 1.66 bits per heavy atom. The van der Waals surface area contributed by atoms with Gasteiger partial charge < -0.3 is 10.1 Å². The molecule has 256 valence electrons. The van der Waals surface area contributed by atoms with Crippen molar-refractivity contribution in [3.8, 4) is 11.5 Å². The van der Waals surface area contributed by atoms with Crippen LogP contribution in [-0.2, 0) is 30.2 Å². The van der Waals surface area contributed by atoms with Crippen LogP contribution >= 0.6 is 23.2 Å². The summed E-state index contributed by atoms with van der Waals surface area (Å²) in [6, 6.07) is 20.5. The number of anilines is 1. The molecule has 0 aliphatic rings. The number of aromatic nitrogens is 4. The largest absolute Gasteiger partial charge is 0.457 e. The number of sulfonamides is 1. The molecule has 0 radical (unpaired) electrons. The summed E-state index contributed by atoms with van der Waals surface area (Å²) < 4.78 is 38.2. The van der Waals surface area contributed by atoms with E-state index in [0.717, 1.165) is 34.9 Å². The van der Waals surface area contributed by atoms with Gasteiger partial charge in [-0.15, -0.1) is 0 Å². The SMILES string of the molecule is Cc1cc(Oc2ccc(Cn3nc4ccc(Cl)cc4c3C(=O)NS(=O)(=O)c3ccc([N+](=O)[O-])c(NCc4ccn(C)n4)c3)cc2)cc(C)c1Cl. The number of fused-ring (bicyclic) bond motifs is 1. The highest BCUT2D eigenvalue weighted by atomic mass is 35.5. The van der Waals surface area contributed by atoms with Crippen molar-refractivity contribution in [2.75, 3.05) is 5.32 Å². The molecule has 0 aliphatic heterocycles. The van der Waals surface area contributed by atoms with Gasteiger partial charge in [0.05, 0.1) is 34.1 Å². The molecule has 0 spiro atoms. The summed E-state index contributed by atoms with van der Waals surface area (Å²) in [6.45, 7) is 4.00. The van der Waals surface area contributed by atoms with E-state index in [4.69, 9.17) is 27.9 Å². The number of benzene rings is 4. The number of hydrogen-bond donors (Lipinski definition) is 2. The molecule has 0 atom stereocenters. The van der Waals surface area contributed by atoms with Gasteiger partial charge in [0.25, 0.3) is 21.6 Å². The van der Waals surface area contributed by atoms with E-state index in [-0.39, 0.29) is 35.1 Å². The number of halogens is 2. The van der Waals surface area contributed by atoms with Crippen LogP contribution in [0.3, 0.4) is 0 Å². The van der Waals surface area contributed by atoms with Crippen LogP contribution in [0.15, 0.2) is 90.0 Å². The molecule has 0 bridgehead atoms. The maximum Gasteiger partial charge on any atom is 0.292 e. The molecule has 2 aromatic heterocycles. The van der Waals surface area contributed by atoms with Crippen molar-refractivity contribution in [1.29, 1.82) is 0 Å².